The molecule has 186 valence electrons. The molecule has 1 aromatic heterocycles. The van der Waals surface area contributed by atoms with E-state index in [9.17, 15) is 4.79 Å². The van der Waals surface area contributed by atoms with Crippen LogP contribution in [0, 0.1) is 16.7 Å². The predicted octanol–water partition coefficient (Wildman–Crippen LogP) is 5.13. The maximum absolute atomic E-state index is 13.3. The number of nitrogens with zero attached hydrogens (tertiary/aromatic N) is 3. The van der Waals surface area contributed by atoms with Crippen LogP contribution >= 0.6 is 0 Å². The van der Waals surface area contributed by atoms with Crippen LogP contribution < -0.4 is 15.5 Å². The lowest BCUT2D eigenvalue weighted by Gasteiger charge is -2.38. The molecule has 0 bridgehead atoms. The molecule has 1 saturated heterocycles. The number of piperidine rings is 1. The Kier molecular flexibility index (Phi) is 8.35. The smallest absolute Gasteiger partial charge is 0.234 e. The van der Waals surface area contributed by atoms with Gasteiger partial charge in [-0.3, -0.25) is 4.79 Å². The second-order valence-electron chi connectivity index (χ2n) is 10.3. The molecule has 1 amide bonds. The van der Waals surface area contributed by atoms with Gasteiger partial charge in [0, 0.05) is 19.6 Å². The molecule has 2 heterocycles. The number of carbonyl (C=O) groups excluding carboxylic acids is 1. The van der Waals surface area contributed by atoms with Gasteiger partial charge in [0.2, 0.25) is 5.91 Å². The van der Waals surface area contributed by atoms with Gasteiger partial charge in [-0.25, -0.2) is 4.98 Å². The molecule has 3 aromatic rings. The lowest BCUT2D eigenvalue weighted by Crippen LogP contribution is -2.37. The number of carbonyl (C=O) groups is 1. The van der Waals surface area contributed by atoms with Crippen LogP contribution in [0.1, 0.15) is 49.3 Å². The number of benzene rings is 2. The van der Waals surface area contributed by atoms with Crippen LogP contribution in [0.15, 0.2) is 72.9 Å². The molecule has 0 radical (unpaired) electrons. The number of hydrogen-bond acceptors (Lipinski definition) is 5. The first kappa shape index (κ1) is 25.4. The molecule has 1 fully saturated rings. The predicted molar refractivity (Wildman–Crippen MR) is 145 cm³/mol. The minimum absolute atomic E-state index is 0.0768. The van der Waals surface area contributed by atoms with Gasteiger partial charge in [-0.15, -0.1) is 0 Å². The van der Waals surface area contributed by atoms with Crippen LogP contribution in [-0.4, -0.2) is 37.1 Å². The molecule has 2 aromatic carbocycles. The molecular formula is C30H35N5O. The van der Waals surface area contributed by atoms with Crippen LogP contribution in [0.25, 0.3) is 0 Å². The third-order valence-electron chi connectivity index (χ3n) is 7.02. The fourth-order valence-electron chi connectivity index (χ4n) is 4.50. The second kappa shape index (κ2) is 11.8. The molecule has 0 spiro atoms. The van der Waals surface area contributed by atoms with Crippen molar-refractivity contribution in [3.05, 3.63) is 89.6 Å². The van der Waals surface area contributed by atoms with Crippen LogP contribution in [0.2, 0.25) is 0 Å². The third-order valence-corrected chi connectivity index (χ3v) is 7.02. The SMILES string of the molecule is CC1(C)CCN(c2ccc(NC(=O)C(CNCCc3ccc(C#N)cc3)c3ccccc3)nc2)CC1. The highest BCUT2D eigenvalue weighted by atomic mass is 16.2. The molecule has 4 rings (SSSR count). The summed E-state index contributed by atoms with van der Waals surface area (Å²) in [6.07, 6.45) is 5.03. The van der Waals surface area contributed by atoms with Gasteiger partial charge in [-0.05, 0) is 66.6 Å². The Bertz CT molecular complexity index is 1160. The van der Waals surface area contributed by atoms with E-state index in [0.29, 0.717) is 23.3 Å². The van der Waals surface area contributed by atoms with Crippen molar-refractivity contribution in [3.8, 4) is 6.07 Å². The van der Waals surface area contributed by atoms with E-state index in [1.165, 1.54) is 12.8 Å². The number of hydrogen-bond donors (Lipinski definition) is 2. The van der Waals surface area contributed by atoms with E-state index in [2.05, 4.69) is 40.4 Å². The maximum Gasteiger partial charge on any atom is 0.234 e. The Balaban J connectivity index is 1.34. The fourth-order valence-corrected chi connectivity index (χ4v) is 4.50. The highest BCUT2D eigenvalue weighted by Gasteiger charge is 2.26. The molecule has 0 aliphatic carbocycles. The van der Waals surface area contributed by atoms with Crippen molar-refractivity contribution in [2.24, 2.45) is 5.41 Å². The largest absolute Gasteiger partial charge is 0.370 e. The fraction of sp³-hybridized carbons (Fsp3) is 0.367. The zero-order valence-electron chi connectivity index (χ0n) is 21.2. The van der Waals surface area contributed by atoms with E-state index >= 15 is 0 Å². The van der Waals surface area contributed by atoms with Crippen LogP contribution in [0.5, 0.6) is 0 Å². The van der Waals surface area contributed by atoms with E-state index in [1.807, 2.05) is 72.9 Å². The summed E-state index contributed by atoms with van der Waals surface area (Å²) in [5.41, 5.74) is 4.29. The number of amides is 1. The average Bonchev–Trinajstić information content (AvgIpc) is 2.90. The third kappa shape index (κ3) is 6.93. The zero-order valence-corrected chi connectivity index (χ0v) is 21.2. The summed E-state index contributed by atoms with van der Waals surface area (Å²) in [5, 5.41) is 15.4. The molecule has 1 atom stereocenters. The monoisotopic (exact) mass is 481 g/mol. The summed E-state index contributed by atoms with van der Waals surface area (Å²) in [6.45, 7) is 7.98. The Hall–Kier alpha value is -3.69. The number of nitrogens with one attached hydrogen (secondary N) is 2. The zero-order chi connectivity index (χ0) is 25.4. The second-order valence-corrected chi connectivity index (χ2v) is 10.3. The van der Waals surface area contributed by atoms with Crippen molar-refractivity contribution >= 4 is 17.4 Å². The van der Waals surface area contributed by atoms with Gasteiger partial charge in [0.1, 0.15) is 5.82 Å². The molecule has 0 saturated carbocycles. The van der Waals surface area contributed by atoms with Gasteiger partial charge in [0.25, 0.3) is 0 Å². The van der Waals surface area contributed by atoms with E-state index in [0.717, 1.165) is 42.9 Å². The van der Waals surface area contributed by atoms with Crippen molar-refractivity contribution in [1.29, 1.82) is 5.26 Å². The van der Waals surface area contributed by atoms with Crippen molar-refractivity contribution in [2.45, 2.75) is 39.0 Å². The molecule has 2 N–H and O–H groups in total. The Morgan fingerprint density at radius 1 is 1.06 bits per heavy atom. The Morgan fingerprint density at radius 3 is 2.42 bits per heavy atom. The summed E-state index contributed by atoms with van der Waals surface area (Å²) in [7, 11) is 0. The lowest BCUT2D eigenvalue weighted by atomic mass is 9.82. The topological polar surface area (TPSA) is 81.0 Å². The number of aromatic nitrogens is 1. The van der Waals surface area contributed by atoms with Gasteiger partial charge < -0.3 is 15.5 Å². The first-order chi connectivity index (χ1) is 17.4. The number of rotatable bonds is 9. The molecular weight excluding hydrogens is 446 g/mol. The normalized spacial score (nSPS) is 15.6. The van der Waals surface area contributed by atoms with Gasteiger partial charge in [-0.2, -0.15) is 5.26 Å². The summed E-state index contributed by atoms with van der Waals surface area (Å²) in [6, 6.07) is 23.5. The quantitative estimate of drug-likeness (QED) is 0.414. The molecule has 1 unspecified atom stereocenters. The summed E-state index contributed by atoms with van der Waals surface area (Å²) in [5.74, 6) is 0.157. The van der Waals surface area contributed by atoms with Gasteiger partial charge in [0.05, 0.1) is 29.4 Å². The summed E-state index contributed by atoms with van der Waals surface area (Å²) >= 11 is 0. The first-order valence-electron chi connectivity index (χ1n) is 12.7. The molecule has 6 nitrogen and oxygen atoms in total. The highest BCUT2D eigenvalue weighted by Crippen LogP contribution is 2.32. The van der Waals surface area contributed by atoms with E-state index in [-0.39, 0.29) is 11.8 Å². The first-order valence-corrected chi connectivity index (χ1v) is 12.7. The van der Waals surface area contributed by atoms with Gasteiger partial charge >= 0.3 is 0 Å². The lowest BCUT2D eigenvalue weighted by molar-refractivity contribution is -0.117. The van der Waals surface area contributed by atoms with Crippen molar-refractivity contribution in [1.82, 2.24) is 10.3 Å². The van der Waals surface area contributed by atoms with Gasteiger partial charge in [-0.1, -0.05) is 56.3 Å². The standard InChI is InChI=1S/C30H35N5O/c1-30(2)15-18-35(19-16-30)26-12-13-28(33-21-26)34-29(36)27(25-6-4-3-5-7-25)22-32-17-14-23-8-10-24(20-31)11-9-23/h3-13,21,27,32H,14-19,22H2,1-2H3,(H,33,34,36). The van der Waals surface area contributed by atoms with Crippen molar-refractivity contribution in [3.63, 3.8) is 0 Å². The minimum Gasteiger partial charge on any atom is -0.370 e. The number of anilines is 2. The molecule has 6 heteroatoms. The number of pyridine rings is 1. The van der Waals surface area contributed by atoms with Crippen molar-refractivity contribution < 1.29 is 4.79 Å². The molecule has 1 aliphatic rings. The summed E-state index contributed by atoms with van der Waals surface area (Å²) < 4.78 is 0. The molecule has 36 heavy (non-hydrogen) atoms. The maximum atomic E-state index is 13.3. The minimum atomic E-state index is -0.335. The Labute approximate surface area is 214 Å². The average molecular weight is 482 g/mol. The van der Waals surface area contributed by atoms with E-state index in [1.54, 1.807) is 0 Å². The van der Waals surface area contributed by atoms with Crippen LogP contribution in [0.3, 0.4) is 0 Å². The highest BCUT2D eigenvalue weighted by molar-refractivity contribution is 5.95. The van der Waals surface area contributed by atoms with Gasteiger partial charge in [0.15, 0.2) is 0 Å². The Morgan fingerprint density at radius 2 is 1.78 bits per heavy atom. The van der Waals surface area contributed by atoms with E-state index in [4.69, 9.17) is 5.26 Å². The molecule has 1 aliphatic heterocycles. The van der Waals surface area contributed by atoms with Crippen LogP contribution in [0.4, 0.5) is 11.5 Å². The summed E-state index contributed by atoms with van der Waals surface area (Å²) in [4.78, 5) is 20.2. The van der Waals surface area contributed by atoms with E-state index < -0.39 is 0 Å². The van der Waals surface area contributed by atoms with Crippen LogP contribution in [-0.2, 0) is 11.2 Å². The van der Waals surface area contributed by atoms with Crippen molar-refractivity contribution in [2.75, 3.05) is 36.4 Å². The number of nitriles is 1.